The second-order valence-corrected chi connectivity index (χ2v) is 4.70. The Balaban J connectivity index is 2.12. The lowest BCUT2D eigenvalue weighted by atomic mass is 10.1. The summed E-state index contributed by atoms with van der Waals surface area (Å²) < 4.78 is 5.24. The second kappa shape index (κ2) is 7.26. The van der Waals surface area contributed by atoms with Gasteiger partial charge in [-0.2, -0.15) is 0 Å². The number of carbonyl (C=O) groups is 2. The normalized spacial score (nSPS) is 9.91. The number of ether oxygens (including phenoxy) is 1. The molecule has 114 valence electrons. The van der Waals surface area contributed by atoms with Gasteiger partial charge in [-0.25, -0.2) is 0 Å². The Morgan fingerprint density at radius 1 is 1.09 bits per heavy atom. The molecule has 0 radical (unpaired) electrons. The van der Waals surface area contributed by atoms with Crippen molar-refractivity contribution >= 4 is 17.5 Å². The molecule has 0 atom stereocenters. The van der Waals surface area contributed by atoms with Gasteiger partial charge in [0.05, 0.1) is 19.2 Å². The van der Waals surface area contributed by atoms with Crippen LogP contribution in [0.3, 0.4) is 0 Å². The highest BCUT2D eigenvalue weighted by Crippen LogP contribution is 2.25. The molecule has 0 aromatic heterocycles. The molecule has 0 aliphatic carbocycles. The van der Waals surface area contributed by atoms with E-state index in [1.807, 2.05) is 30.3 Å². The van der Waals surface area contributed by atoms with Gasteiger partial charge in [0.2, 0.25) is 5.91 Å². The highest BCUT2D eigenvalue weighted by molar-refractivity contribution is 5.97. The van der Waals surface area contributed by atoms with E-state index >= 15 is 0 Å². The molecule has 0 spiro atoms. The van der Waals surface area contributed by atoms with Gasteiger partial charge in [0.1, 0.15) is 5.75 Å². The lowest BCUT2D eigenvalue weighted by molar-refractivity contribution is -0.115. The van der Waals surface area contributed by atoms with E-state index in [1.165, 1.54) is 7.11 Å². The highest BCUT2D eigenvalue weighted by Gasteiger charge is 2.11. The molecule has 5 heteroatoms. The van der Waals surface area contributed by atoms with Gasteiger partial charge in [-0.05, 0) is 23.8 Å². The van der Waals surface area contributed by atoms with Crippen molar-refractivity contribution in [3.05, 3.63) is 59.7 Å². The summed E-state index contributed by atoms with van der Waals surface area (Å²) in [7, 11) is 3.06. The van der Waals surface area contributed by atoms with Gasteiger partial charge in [-0.1, -0.05) is 30.3 Å². The zero-order valence-corrected chi connectivity index (χ0v) is 12.6. The van der Waals surface area contributed by atoms with Crippen molar-refractivity contribution in [1.29, 1.82) is 0 Å². The van der Waals surface area contributed by atoms with Gasteiger partial charge in [0, 0.05) is 12.6 Å². The smallest absolute Gasteiger partial charge is 0.251 e. The second-order valence-electron chi connectivity index (χ2n) is 4.70. The lowest BCUT2D eigenvalue weighted by Gasteiger charge is -2.11. The number of carbonyl (C=O) groups excluding carboxylic acids is 2. The molecule has 2 aromatic carbocycles. The van der Waals surface area contributed by atoms with Gasteiger partial charge >= 0.3 is 0 Å². The molecule has 0 bridgehead atoms. The predicted octanol–water partition coefficient (Wildman–Crippen LogP) is 2.24. The van der Waals surface area contributed by atoms with Crippen molar-refractivity contribution in [3.8, 4) is 5.75 Å². The fraction of sp³-hybridized carbons (Fsp3) is 0.176. The maximum atomic E-state index is 12.1. The van der Waals surface area contributed by atoms with E-state index in [1.54, 1.807) is 25.2 Å². The number of anilines is 1. The zero-order valence-electron chi connectivity index (χ0n) is 12.6. The van der Waals surface area contributed by atoms with Gasteiger partial charge in [-0.15, -0.1) is 0 Å². The molecule has 0 unspecified atom stereocenters. The summed E-state index contributed by atoms with van der Waals surface area (Å²) in [5.74, 6) is 0.0974. The molecule has 0 saturated heterocycles. The molecule has 2 N–H and O–H groups in total. The predicted molar refractivity (Wildman–Crippen MR) is 85.2 cm³/mol. The van der Waals surface area contributed by atoms with E-state index in [0.717, 1.165) is 5.56 Å². The van der Waals surface area contributed by atoms with Crippen LogP contribution in [0, 0.1) is 0 Å². The third-order valence-electron chi connectivity index (χ3n) is 3.17. The third-order valence-corrected chi connectivity index (χ3v) is 3.17. The molecule has 22 heavy (non-hydrogen) atoms. The minimum absolute atomic E-state index is 0.141. The number of nitrogens with one attached hydrogen (secondary N) is 2. The first kappa shape index (κ1) is 15.6. The minimum atomic E-state index is -0.208. The number of methoxy groups -OCH3 is 1. The fourth-order valence-corrected chi connectivity index (χ4v) is 2.06. The van der Waals surface area contributed by atoms with Crippen LogP contribution in [0.25, 0.3) is 0 Å². The Morgan fingerprint density at radius 2 is 1.82 bits per heavy atom. The Bertz CT molecular complexity index is 669. The number of amides is 2. The van der Waals surface area contributed by atoms with Crippen LogP contribution in [0.5, 0.6) is 5.75 Å². The first-order chi connectivity index (χ1) is 10.6. The van der Waals surface area contributed by atoms with E-state index < -0.39 is 0 Å². The van der Waals surface area contributed by atoms with E-state index in [9.17, 15) is 9.59 Å². The highest BCUT2D eigenvalue weighted by atomic mass is 16.5. The van der Waals surface area contributed by atoms with Crippen molar-refractivity contribution in [1.82, 2.24) is 5.32 Å². The van der Waals surface area contributed by atoms with E-state index in [-0.39, 0.29) is 18.2 Å². The van der Waals surface area contributed by atoms with Crippen LogP contribution in [-0.4, -0.2) is 26.0 Å². The van der Waals surface area contributed by atoms with Gasteiger partial charge in [-0.3, -0.25) is 9.59 Å². The monoisotopic (exact) mass is 298 g/mol. The van der Waals surface area contributed by atoms with E-state index in [4.69, 9.17) is 4.74 Å². The first-order valence-electron chi connectivity index (χ1n) is 6.88. The summed E-state index contributed by atoms with van der Waals surface area (Å²) in [6.07, 6.45) is 0.279. The number of hydrogen-bond donors (Lipinski definition) is 2. The first-order valence-corrected chi connectivity index (χ1v) is 6.88. The van der Waals surface area contributed by atoms with Crippen molar-refractivity contribution in [2.24, 2.45) is 0 Å². The van der Waals surface area contributed by atoms with E-state index in [0.29, 0.717) is 17.0 Å². The van der Waals surface area contributed by atoms with Crippen LogP contribution in [0.15, 0.2) is 48.5 Å². The van der Waals surface area contributed by atoms with Crippen LogP contribution in [0.4, 0.5) is 5.69 Å². The van der Waals surface area contributed by atoms with Crippen LogP contribution in [0.1, 0.15) is 15.9 Å². The van der Waals surface area contributed by atoms with Gasteiger partial charge < -0.3 is 15.4 Å². The third kappa shape index (κ3) is 3.85. The van der Waals surface area contributed by atoms with Crippen molar-refractivity contribution in [3.63, 3.8) is 0 Å². The van der Waals surface area contributed by atoms with Gasteiger partial charge in [0.15, 0.2) is 0 Å². The Kier molecular flexibility index (Phi) is 5.14. The molecular formula is C17H18N2O3. The summed E-state index contributed by atoms with van der Waals surface area (Å²) in [6, 6.07) is 14.4. The van der Waals surface area contributed by atoms with Crippen molar-refractivity contribution in [2.45, 2.75) is 6.42 Å². The number of hydrogen-bond acceptors (Lipinski definition) is 3. The molecular weight excluding hydrogens is 280 g/mol. The molecule has 2 aromatic rings. The van der Waals surface area contributed by atoms with Crippen LogP contribution in [-0.2, 0) is 11.2 Å². The number of rotatable bonds is 5. The standard InChI is InChI=1S/C17H18N2O3/c1-18-17(21)13-8-9-14(15(11-13)22-2)19-16(20)10-12-6-4-3-5-7-12/h3-9,11H,10H2,1-2H3,(H,18,21)(H,19,20). The largest absolute Gasteiger partial charge is 0.495 e. The van der Waals surface area contributed by atoms with E-state index in [2.05, 4.69) is 10.6 Å². The maximum Gasteiger partial charge on any atom is 0.251 e. The lowest BCUT2D eigenvalue weighted by Crippen LogP contribution is -2.18. The SMILES string of the molecule is CNC(=O)c1ccc(NC(=O)Cc2ccccc2)c(OC)c1. The zero-order chi connectivity index (χ0) is 15.9. The summed E-state index contributed by atoms with van der Waals surface area (Å²) in [5.41, 5.74) is 1.94. The Morgan fingerprint density at radius 3 is 2.45 bits per heavy atom. The molecule has 0 saturated carbocycles. The van der Waals surface area contributed by atoms with Crippen molar-refractivity contribution in [2.75, 3.05) is 19.5 Å². The Hall–Kier alpha value is -2.82. The molecule has 5 nitrogen and oxygen atoms in total. The average Bonchev–Trinajstić information content (AvgIpc) is 2.55. The maximum absolute atomic E-state index is 12.1. The fourth-order valence-electron chi connectivity index (χ4n) is 2.06. The summed E-state index contributed by atoms with van der Waals surface area (Å²) in [4.78, 5) is 23.7. The van der Waals surface area contributed by atoms with Gasteiger partial charge in [0.25, 0.3) is 5.91 Å². The topological polar surface area (TPSA) is 67.4 Å². The van der Waals surface area contributed by atoms with Crippen molar-refractivity contribution < 1.29 is 14.3 Å². The molecule has 0 aliphatic rings. The summed E-state index contributed by atoms with van der Waals surface area (Å²) in [5, 5.41) is 5.34. The van der Waals surface area contributed by atoms with Crippen LogP contribution < -0.4 is 15.4 Å². The Labute approximate surface area is 129 Å². The molecule has 2 amide bonds. The summed E-state index contributed by atoms with van der Waals surface area (Å²) >= 11 is 0. The molecule has 2 rings (SSSR count). The molecule has 0 aliphatic heterocycles. The van der Waals surface area contributed by atoms with Crippen LogP contribution >= 0.6 is 0 Å². The minimum Gasteiger partial charge on any atom is -0.495 e. The number of benzene rings is 2. The average molecular weight is 298 g/mol. The molecule has 0 heterocycles. The quantitative estimate of drug-likeness (QED) is 0.889. The molecule has 0 fully saturated rings. The summed E-state index contributed by atoms with van der Waals surface area (Å²) in [6.45, 7) is 0. The van der Waals surface area contributed by atoms with Crippen LogP contribution in [0.2, 0.25) is 0 Å².